The lowest BCUT2D eigenvalue weighted by Gasteiger charge is -2.24. The number of alkyl halides is 3. The van der Waals surface area contributed by atoms with Gasteiger partial charge in [-0.1, -0.05) is 30.3 Å². The van der Waals surface area contributed by atoms with Crippen molar-refractivity contribution < 1.29 is 32.6 Å². The molecule has 0 bridgehead atoms. The summed E-state index contributed by atoms with van der Waals surface area (Å²) in [7, 11) is 0. The fourth-order valence-electron chi connectivity index (χ4n) is 3.38. The van der Waals surface area contributed by atoms with E-state index in [2.05, 4.69) is 9.73 Å². The Hall–Kier alpha value is -2.32. The van der Waals surface area contributed by atoms with Crippen molar-refractivity contribution in [1.29, 1.82) is 0 Å². The molecule has 1 amide bonds. The molecule has 4 atom stereocenters. The van der Waals surface area contributed by atoms with Gasteiger partial charge in [-0.15, -0.1) is 0 Å². The number of aryl methyl sites for hydroxylation is 1. The van der Waals surface area contributed by atoms with Crippen LogP contribution >= 0.6 is 0 Å². The van der Waals surface area contributed by atoms with Crippen LogP contribution in [0, 0.1) is 6.92 Å². The van der Waals surface area contributed by atoms with Gasteiger partial charge in [-0.05, 0) is 25.0 Å². The summed E-state index contributed by atoms with van der Waals surface area (Å²) in [5.41, 5.74) is 0.128. The number of hydrogen-bond donors (Lipinski definition) is 3. The maximum absolute atomic E-state index is 13.1. The van der Waals surface area contributed by atoms with Crippen LogP contribution in [0.15, 0.2) is 40.8 Å². The fraction of sp³-hybridized carbons (Fsp3) is 0.389. The molecule has 26 heavy (non-hydrogen) atoms. The van der Waals surface area contributed by atoms with E-state index in [-0.39, 0.29) is 12.2 Å². The van der Waals surface area contributed by atoms with Crippen molar-refractivity contribution in [3.8, 4) is 0 Å². The molecule has 1 heterocycles. The van der Waals surface area contributed by atoms with Gasteiger partial charge < -0.3 is 19.9 Å². The number of halogens is 3. The van der Waals surface area contributed by atoms with E-state index in [9.17, 15) is 28.2 Å². The minimum atomic E-state index is -4.81. The van der Waals surface area contributed by atoms with Crippen molar-refractivity contribution >= 4 is 5.91 Å². The van der Waals surface area contributed by atoms with E-state index < -0.39 is 47.6 Å². The van der Waals surface area contributed by atoms with Crippen molar-refractivity contribution in [3.05, 3.63) is 59.0 Å². The number of rotatable bonds is 3. The van der Waals surface area contributed by atoms with Gasteiger partial charge in [0.25, 0.3) is 5.91 Å². The first-order chi connectivity index (χ1) is 12.2. The van der Waals surface area contributed by atoms with Crippen LogP contribution in [-0.4, -0.2) is 34.4 Å². The quantitative estimate of drug-likeness (QED) is 0.777. The molecule has 0 spiro atoms. The molecule has 1 aromatic carbocycles. The second-order valence-corrected chi connectivity index (χ2v) is 6.41. The zero-order valence-corrected chi connectivity index (χ0v) is 13.8. The number of benzene rings is 1. The average molecular weight is 369 g/mol. The molecule has 0 unspecified atom stereocenters. The molecule has 140 valence electrons. The van der Waals surface area contributed by atoms with Crippen LogP contribution in [0.25, 0.3) is 0 Å². The highest BCUT2D eigenvalue weighted by Crippen LogP contribution is 2.37. The maximum atomic E-state index is 13.1. The molecule has 0 radical (unpaired) electrons. The van der Waals surface area contributed by atoms with Crippen molar-refractivity contribution in [1.82, 2.24) is 5.32 Å². The lowest BCUT2D eigenvalue weighted by molar-refractivity contribution is -0.153. The Morgan fingerprint density at radius 2 is 1.88 bits per heavy atom. The van der Waals surface area contributed by atoms with Crippen LogP contribution in [-0.2, 0) is 6.18 Å². The third-order valence-corrected chi connectivity index (χ3v) is 4.57. The predicted molar refractivity (Wildman–Crippen MR) is 85.5 cm³/mol. The van der Waals surface area contributed by atoms with Crippen LogP contribution in [0.5, 0.6) is 0 Å². The van der Waals surface area contributed by atoms with E-state index in [1.807, 2.05) is 0 Å². The lowest BCUT2D eigenvalue weighted by Crippen LogP contribution is -2.45. The van der Waals surface area contributed by atoms with E-state index in [1.165, 1.54) is 6.92 Å². The highest BCUT2D eigenvalue weighted by atomic mass is 19.4. The third kappa shape index (κ3) is 3.47. The van der Waals surface area contributed by atoms with E-state index in [1.54, 1.807) is 30.3 Å². The van der Waals surface area contributed by atoms with Crippen LogP contribution < -0.4 is 5.32 Å². The van der Waals surface area contributed by atoms with Crippen LogP contribution in [0.2, 0.25) is 0 Å². The zero-order valence-electron chi connectivity index (χ0n) is 13.8. The van der Waals surface area contributed by atoms with Gasteiger partial charge in [0.05, 0.1) is 17.7 Å². The molecule has 1 aliphatic rings. The number of aliphatic hydroxyl groups excluding tert-OH is 2. The number of carbonyl (C=O) groups is 1. The van der Waals surface area contributed by atoms with E-state index in [0.717, 1.165) is 11.6 Å². The summed E-state index contributed by atoms with van der Waals surface area (Å²) in [6, 6.07) is 8.97. The highest BCUT2D eigenvalue weighted by Gasteiger charge is 2.45. The molecule has 0 saturated heterocycles. The Morgan fingerprint density at radius 3 is 2.50 bits per heavy atom. The molecular weight excluding hydrogens is 351 g/mol. The summed E-state index contributed by atoms with van der Waals surface area (Å²) in [5, 5.41) is 22.6. The monoisotopic (exact) mass is 369 g/mol. The summed E-state index contributed by atoms with van der Waals surface area (Å²) in [4.78, 5) is 12.4. The summed E-state index contributed by atoms with van der Waals surface area (Å²) in [5.74, 6) is -2.85. The Labute approximate surface area is 147 Å². The molecule has 1 saturated carbocycles. The predicted octanol–water partition coefficient (Wildman–Crippen LogP) is 2.61. The zero-order chi connectivity index (χ0) is 19.1. The van der Waals surface area contributed by atoms with Crippen molar-refractivity contribution in [2.24, 2.45) is 0 Å². The molecule has 1 aromatic heterocycles. The molecule has 3 rings (SSSR count). The first-order valence-electron chi connectivity index (χ1n) is 8.08. The fourth-order valence-corrected chi connectivity index (χ4v) is 3.38. The largest absolute Gasteiger partial charge is 0.456 e. The Morgan fingerprint density at radius 1 is 1.23 bits per heavy atom. The van der Waals surface area contributed by atoms with Gasteiger partial charge in [-0.3, -0.25) is 4.79 Å². The normalized spacial score (nSPS) is 26.1. The highest BCUT2D eigenvalue weighted by molar-refractivity contribution is 5.95. The van der Waals surface area contributed by atoms with Gasteiger partial charge in [0, 0.05) is 5.92 Å². The standard InChI is InChI=1S/C18H18F3NO4/c1-9-7-12(16(26-9)18(19,20)21)17(25)22-14-11(8-13(23)15(14)24)10-5-3-2-4-6-10/h2-7,11,13-15,23-24H,8H2,1H3,(H,22,25)/t11-,13-,14-,15-/m1/s1. The third-order valence-electron chi connectivity index (χ3n) is 4.57. The molecule has 0 aliphatic heterocycles. The second-order valence-electron chi connectivity index (χ2n) is 6.41. The van der Waals surface area contributed by atoms with Crippen molar-refractivity contribution in [3.63, 3.8) is 0 Å². The van der Waals surface area contributed by atoms with Gasteiger partial charge in [0.15, 0.2) is 0 Å². The Bertz CT molecular complexity index is 787. The number of amides is 1. The Kier molecular flexibility index (Phi) is 4.81. The van der Waals surface area contributed by atoms with E-state index in [0.29, 0.717) is 0 Å². The van der Waals surface area contributed by atoms with E-state index in [4.69, 9.17) is 0 Å². The minimum Gasteiger partial charge on any atom is -0.456 e. The molecule has 2 aromatic rings. The first-order valence-corrected chi connectivity index (χ1v) is 8.08. The summed E-state index contributed by atoms with van der Waals surface area (Å²) < 4.78 is 43.8. The molecular formula is C18H18F3NO4. The maximum Gasteiger partial charge on any atom is 0.450 e. The van der Waals surface area contributed by atoms with Gasteiger partial charge in [0.1, 0.15) is 11.9 Å². The van der Waals surface area contributed by atoms with Gasteiger partial charge >= 0.3 is 6.18 Å². The smallest absolute Gasteiger partial charge is 0.450 e. The number of hydrogen-bond acceptors (Lipinski definition) is 4. The van der Waals surface area contributed by atoms with Gasteiger partial charge in [-0.25, -0.2) is 0 Å². The minimum absolute atomic E-state index is 0.0471. The Balaban J connectivity index is 1.88. The van der Waals surface area contributed by atoms with Crippen LogP contribution in [0.1, 0.15) is 39.8 Å². The number of furan rings is 1. The number of carbonyl (C=O) groups excluding carboxylic acids is 1. The molecule has 1 aliphatic carbocycles. The molecule has 5 nitrogen and oxygen atoms in total. The molecule has 3 N–H and O–H groups in total. The summed E-state index contributed by atoms with van der Waals surface area (Å²) in [6.07, 6.45) is -6.99. The molecule has 8 heteroatoms. The van der Waals surface area contributed by atoms with Gasteiger partial charge in [-0.2, -0.15) is 13.2 Å². The van der Waals surface area contributed by atoms with Crippen molar-refractivity contribution in [2.75, 3.05) is 0 Å². The van der Waals surface area contributed by atoms with E-state index >= 15 is 0 Å². The topological polar surface area (TPSA) is 82.7 Å². The van der Waals surface area contributed by atoms with Crippen molar-refractivity contribution in [2.45, 2.75) is 43.7 Å². The molecule has 1 fully saturated rings. The number of nitrogens with one attached hydrogen (secondary N) is 1. The lowest BCUT2D eigenvalue weighted by atomic mass is 9.93. The summed E-state index contributed by atoms with van der Waals surface area (Å²) in [6.45, 7) is 1.31. The number of aliphatic hydroxyl groups is 2. The van der Waals surface area contributed by atoms with Crippen LogP contribution in [0.4, 0.5) is 13.2 Å². The SMILES string of the molecule is Cc1cc(C(=O)N[C@H]2[C@H](O)[C@H](O)C[C@@H]2c2ccccc2)c(C(F)(F)F)o1. The second kappa shape index (κ2) is 6.77. The first kappa shape index (κ1) is 18.5. The van der Waals surface area contributed by atoms with Crippen LogP contribution in [0.3, 0.4) is 0 Å². The van der Waals surface area contributed by atoms with Gasteiger partial charge in [0.2, 0.25) is 5.76 Å². The summed E-state index contributed by atoms with van der Waals surface area (Å²) >= 11 is 0. The average Bonchev–Trinajstić information content (AvgIpc) is 3.11.